The molecular formula is C12H15N3O2. The molecule has 3 N–H and O–H groups in total. The first-order valence-corrected chi connectivity index (χ1v) is 5.55. The van der Waals surface area contributed by atoms with Gasteiger partial charge in [0, 0.05) is 6.42 Å². The third kappa shape index (κ3) is 2.82. The van der Waals surface area contributed by atoms with E-state index in [1.165, 1.54) is 0 Å². The van der Waals surface area contributed by atoms with Crippen molar-refractivity contribution in [2.75, 3.05) is 0 Å². The number of hydrogen-bond acceptors (Lipinski definition) is 5. The number of phenolic OH excluding ortho intramolecular Hbond substituents is 1. The average Bonchev–Trinajstić information content (AvgIpc) is 2.81. The van der Waals surface area contributed by atoms with Crippen molar-refractivity contribution in [3.05, 3.63) is 41.5 Å². The summed E-state index contributed by atoms with van der Waals surface area (Å²) in [6.07, 6.45) is 1.33. The van der Waals surface area contributed by atoms with E-state index in [0.29, 0.717) is 18.1 Å². The summed E-state index contributed by atoms with van der Waals surface area (Å²) in [6, 6.07) is 6.60. The van der Waals surface area contributed by atoms with Gasteiger partial charge in [-0.05, 0) is 24.1 Å². The van der Waals surface area contributed by atoms with Gasteiger partial charge in [-0.25, -0.2) is 0 Å². The average molecular weight is 233 g/mol. The summed E-state index contributed by atoms with van der Waals surface area (Å²) in [4.78, 5) is 4.19. The molecule has 5 nitrogen and oxygen atoms in total. The third-order valence-corrected chi connectivity index (χ3v) is 2.51. The van der Waals surface area contributed by atoms with Crippen molar-refractivity contribution in [1.82, 2.24) is 10.1 Å². The lowest BCUT2D eigenvalue weighted by Gasteiger charge is -2.06. The van der Waals surface area contributed by atoms with Crippen LogP contribution in [0.25, 0.3) is 0 Å². The Morgan fingerprint density at radius 2 is 2.06 bits per heavy atom. The predicted octanol–water partition coefficient (Wildman–Crippen LogP) is 1.58. The predicted molar refractivity (Wildman–Crippen MR) is 62.4 cm³/mol. The Morgan fingerprint density at radius 1 is 1.35 bits per heavy atom. The third-order valence-electron chi connectivity index (χ3n) is 2.51. The summed E-state index contributed by atoms with van der Waals surface area (Å²) in [5, 5.41) is 13.0. The van der Waals surface area contributed by atoms with Crippen LogP contribution >= 0.6 is 0 Å². The number of benzene rings is 1. The Labute approximate surface area is 99.3 Å². The molecule has 0 radical (unpaired) electrons. The van der Waals surface area contributed by atoms with Crippen molar-refractivity contribution in [1.29, 1.82) is 0 Å². The van der Waals surface area contributed by atoms with Gasteiger partial charge < -0.3 is 15.4 Å². The fraction of sp³-hybridized carbons (Fsp3) is 0.333. The van der Waals surface area contributed by atoms with E-state index in [9.17, 15) is 5.11 Å². The van der Waals surface area contributed by atoms with Gasteiger partial charge in [-0.3, -0.25) is 0 Å². The molecular weight excluding hydrogens is 218 g/mol. The van der Waals surface area contributed by atoms with Gasteiger partial charge in [0.15, 0.2) is 5.82 Å². The van der Waals surface area contributed by atoms with E-state index in [0.717, 1.165) is 12.0 Å². The van der Waals surface area contributed by atoms with Gasteiger partial charge in [0.2, 0.25) is 5.89 Å². The van der Waals surface area contributed by atoms with E-state index >= 15 is 0 Å². The molecule has 1 aromatic carbocycles. The van der Waals surface area contributed by atoms with E-state index in [2.05, 4.69) is 10.1 Å². The first kappa shape index (κ1) is 11.6. The maximum absolute atomic E-state index is 9.17. The van der Waals surface area contributed by atoms with E-state index < -0.39 is 0 Å². The first-order valence-electron chi connectivity index (χ1n) is 5.55. The molecule has 0 spiro atoms. The fourth-order valence-electron chi connectivity index (χ4n) is 1.53. The van der Waals surface area contributed by atoms with Crippen molar-refractivity contribution < 1.29 is 9.63 Å². The fourth-order valence-corrected chi connectivity index (χ4v) is 1.53. The summed E-state index contributed by atoms with van der Waals surface area (Å²) >= 11 is 0. The van der Waals surface area contributed by atoms with Crippen molar-refractivity contribution in [3.8, 4) is 5.75 Å². The van der Waals surface area contributed by atoms with Crippen LogP contribution in [0.4, 0.5) is 0 Å². The highest BCUT2D eigenvalue weighted by atomic mass is 16.5. The monoisotopic (exact) mass is 233 g/mol. The van der Waals surface area contributed by atoms with Gasteiger partial charge in [0.05, 0.1) is 6.04 Å². The number of aromatic nitrogens is 2. The second-order valence-electron chi connectivity index (χ2n) is 3.88. The van der Waals surface area contributed by atoms with Gasteiger partial charge in [-0.15, -0.1) is 0 Å². The van der Waals surface area contributed by atoms with Gasteiger partial charge in [0.25, 0.3) is 0 Å². The van der Waals surface area contributed by atoms with Crippen LogP contribution in [0.3, 0.4) is 0 Å². The molecule has 17 heavy (non-hydrogen) atoms. The highest BCUT2D eigenvalue weighted by Crippen LogP contribution is 2.16. The molecule has 5 heteroatoms. The van der Waals surface area contributed by atoms with Crippen LogP contribution in [0, 0.1) is 0 Å². The maximum atomic E-state index is 9.17. The zero-order valence-electron chi connectivity index (χ0n) is 9.63. The summed E-state index contributed by atoms with van der Waals surface area (Å²) in [5.74, 6) is 1.37. The molecule has 0 aliphatic rings. The van der Waals surface area contributed by atoms with Crippen LogP contribution in [-0.4, -0.2) is 15.2 Å². The van der Waals surface area contributed by atoms with E-state index in [1.54, 1.807) is 12.1 Å². The number of phenols is 1. The Kier molecular flexibility index (Phi) is 3.39. The van der Waals surface area contributed by atoms with Crippen LogP contribution in [0.5, 0.6) is 5.75 Å². The molecule has 1 atom stereocenters. The van der Waals surface area contributed by atoms with Crippen LogP contribution in [-0.2, 0) is 12.8 Å². The molecule has 2 rings (SSSR count). The number of nitrogens with zero attached hydrogens (tertiary/aromatic N) is 2. The van der Waals surface area contributed by atoms with E-state index in [-0.39, 0.29) is 11.8 Å². The normalized spacial score (nSPS) is 12.6. The molecule has 0 saturated heterocycles. The smallest absolute Gasteiger partial charge is 0.243 e. The first-order chi connectivity index (χ1) is 8.19. The van der Waals surface area contributed by atoms with Gasteiger partial charge >= 0.3 is 0 Å². The lowest BCUT2D eigenvalue weighted by molar-refractivity contribution is 0.350. The SMILES string of the molecule is CCc1noc(C(N)Cc2ccc(O)cc2)n1. The number of aryl methyl sites for hydroxylation is 1. The Bertz CT molecular complexity index is 479. The topological polar surface area (TPSA) is 85.2 Å². The molecule has 2 aromatic rings. The zero-order chi connectivity index (χ0) is 12.3. The summed E-state index contributed by atoms with van der Waals surface area (Å²) < 4.78 is 5.08. The van der Waals surface area contributed by atoms with Crippen LogP contribution in [0.2, 0.25) is 0 Å². The van der Waals surface area contributed by atoms with Crippen molar-refractivity contribution in [3.63, 3.8) is 0 Å². The van der Waals surface area contributed by atoms with Crippen LogP contribution in [0.15, 0.2) is 28.8 Å². The van der Waals surface area contributed by atoms with E-state index in [4.69, 9.17) is 10.3 Å². The minimum absolute atomic E-state index is 0.244. The van der Waals surface area contributed by atoms with Crippen LogP contribution < -0.4 is 5.73 Å². The number of aromatic hydroxyl groups is 1. The molecule has 1 unspecified atom stereocenters. The lowest BCUT2D eigenvalue weighted by atomic mass is 10.1. The second-order valence-corrected chi connectivity index (χ2v) is 3.88. The quantitative estimate of drug-likeness (QED) is 0.837. The minimum atomic E-state index is -0.313. The number of rotatable bonds is 4. The van der Waals surface area contributed by atoms with Crippen molar-refractivity contribution in [2.24, 2.45) is 5.73 Å². The van der Waals surface area contributed by atoms with Crippen molar-refractivity contribution in [2.45, 2.75) is 25.8 Å². The standard InChI is InChI=1S/C12H15N3O2/c1-2-11-14-12(17-15-11)10(13)7-8-3-5-9(16)6-4-8/h3-6,10,16H,2,7,13H2,1H3. The Hall–Kier alpha value is -1.88. The lowest BCUT2D eigenvalue weighted by Crippen LogP contribution is -2.13. The minimum Gasteiger partial charge on any atom is -0.508 e. The molecule has 90 valence electrons. The molecule has 0 aliphatic carbocycles. The number of nitrogens with two attached hydrogens (primary N) is 1. The van der Waals surface area contributed by atoms with E-state index in [1.807, 2.05) is 19.1 Å². The van der Waals surface area contributed by atoms with Gasteiger partial charge in [-0.2, -0.15) is 4.98 Å². The highest BCUT2D eigenvalue weighted by molar-refractivity contribution is 5.26. The molecule has 0 amide bonds. The summed E-state index contributed by atoms with van der Waals surface area (Å²) in [7, 11) is 0. The largest absolute Gasteiger partial charge is 0.508 e. The molecule has 0 bridgehead atoms. The van der Waals surface area contributed by atoms with Crippen LogP contribution in [0.1, 0.15) is 30.2 Å². The van der Waals surface area contributed by atoms with Crippen molar-refractivity contribution >= 4 is 0 Å². The second kappa shape index (κ2) is 4.97. The molecule has 0 fully saturated rings. The maximum Gasteiger partial charge on any atom is 0.243 e. The summed E-state index contributed by atoms with van der Waals surface area (Å²) in [6.45, 7) is 1.96. The van der Waals surface area contributed by atoms with Gasteiger partial charge in [-0.1, -0.05) is 24.2 Å². The Morgan fingerprint density at radius 3 is 2.65 bits per heavy atom. The molecule has 1 aromatic heterocycles. The highest BCUT2D eigenvalue weighted by Gasteiger charge is 2.14. The number of hydrogen-bond donors (Lipinski definition) is 2. The Balaban J connectivity index is 2.05. The molecule has 0 aliphatic heterocycles. The molecule has 1 heterocycles. The summed E-state index contributed by atoms with van der Waals surface area (Å²) in [5.41, 5.74) is 6.99. The zero-order valence-corrected chi connectivity index (χ0v) is 9.63. The van der Waals surface area contributed by atoms with Gasteiger partial charge in [0.1, 0.15) is 5.75 Å². The molecule has 0 saturated carbocycles.